The van der Waals surface area contributed by atoms with Crippen LogP contribution in [0.15, 0.2) is 0 Å². The van der Waals surface area contributed by atoms with Gasteiger partial charge >= 0.3 is 6.09 Å². The highest BCUT2D eigenvalue weighted by atomic mass is 16.6. The highest BCUT2D eigenvalue weighted by molar-refractivity contribution is 5.68. The van der Waals surface area contributed by atoms with Gasteiger partial charge in [-0.15, -0.1) is 0 Å². The fourth-order valence-corrected chi connectivity index (χ4v) is 3.49. The van der Waals surface area contributed by atoms with E-state index < -0.39 is 5.60 Å². The molecule has 0 unspecified atom stereocenters. The highest BCUT2D eigenvalue weighted by Gasteiger charge is 2.27. The van der Waals surface area contributed by atoms with Crippen molar-refractivity contribution in [2.24, 2.45) is 11.8 Å². The van der Waals surface area contributed by atoms with Crippen molar-refractivity contribution in [2.45, 2.75) is 65.1 Å². The second kappa shape index (κ2) is 8.34. The lowest BCUT2D eigenvalue weighted by Crippen LogP contribution is -2.45. The molecule has 0 bridgehead atoms. The van der Waals surface area contributed by atoms with E-state index in [1.165, 1.54) is 6.42 Å². The van der Waals surface area contributed by atoms with Gasteiger partial charge in [0.1, 0.15) is 5.60 Å². The van der Waals surface area contributed by atoms with E-state index in [4.69, 9.17) is 9.47 Å². The summed E-state index contributed by atoms with van der Waals surface area (Å²) < 4.78 is 11.1. The SMILES string of the molecule is C[C@@H]1C[C@H](CNC[C@H]2CCCN(C(=O)OC(C)(C)C)C2)CCO1. The van der Waals surface area contributed by atoms with E-state index in [-0.39, 0.29) is 6.09 Å². The van der Waals surface area contributed by atoms with Gasteiger partial charge in [-0.2, -0.15) is 0 Å². The summed E-state index contributed by atoms with van der Waals surface area (Å²) >= 11 is 0. The van der Waals surface area contributed by atoms with Crippen LogP contribution >= 0.6 is 0 Å². The van der Waals surface area contributed by atoms with Crippen LogP contribution < -0.4 is 5.32 Å². The molecule has 2 heterocycles. The van der Waals surface area contributed by atoms with E-state index in [2.05, 4.69) is 12.2 Å². The van der Waals surface area contributed by atoms with E-state index in [9.17, 15) is 4.79 Å². The van der Waals surface area contributed by atoms with Gasteiger partial charge in [-0.25, -0.2) is 4.79 Å². The number of piperidine rings is 1. The molecule has 0 spiro atoms. The third kappa shape index (κ3) is 6.68. The topological polar surface area (TPSA) is 50.8 Å². The van der Waals surface area contributed by atoms with Crippen molar-refractivity contribution in [2.75, 3.05) is 32.8 Å². The number of nitrogens with zero attached hydrogens (tertiary/aromatic N) is 1. The Morgan fingerprint density at radius 1 is 1.26 bits per heavy atom. The van der Waals surface area contributed by atoms with Crippen LogP contribution in [0.1, 0.15) is 53.4 Å². The van der Waals surface area contributed by atoms with Crippen LogP contribution in [0.4, 0.5) is 4.79 Å². The molecule has 0 aromatic heterocycles. The predicted molar refractivity (Wildman–Crippen MR) is 91.5 cm³/mol. The molecule has 2 rings (SSSR count). The Kier molecular flexibility index (Phi) is 6.72. The summed E-state index contributed by atoms with van der Waals surface area (Å²) in [6, 6.07) is 0. The maximum atomic E-state index is 12.2. The predicted octanol–water partition coefficient (Wildman–Crippen LogP) is 3.04. The summed E-state index contributed by atoms with van der Waals surface area (Å²) in [6.07, 6.45) is 4.80. The molecule has 0 aromatic rings. The van der Waals surface area contributed by atoms with E-state index in [1.807, 2.05) is 25.7 Å². The third-order valence-electron chi connectivity index (χ3n) is 4.63. The molecule has 2 saturated heterocycles. The van der Waals surface area contributed by atoms with Gasteiger partial charge in [0, 0.05) is 19.7 Å². The lowest BCUT2D eigenvalue weighted by atomic mass is 9.95. The van der Waals surface area contributed by atoms with Gasteiger partial charge in [0.05, 0.1) is 6.10 Å². The molecule has 0 saturated carbocycles. The number of carbonyl (C=O) groups is 1. The zero-order chi connectivity index (χ0) is 16.9. The number of hydrogen-bond donors (Lipinski definition) is 1. The first-order valence-electron chi connectivity index (χ1n) is 9.14. The fourth-order valence-electron chi connectivity index (χ4n) is 3.49. The van der Waals surface area contributed by atoms with Crippen LogP contribution in [0.25, 0.3) is 0 Å². The monoisotopic (exact) mass is 326 g/mol. The summed E-state index contributed by atoms with van der Waals surface area (Å²) in [5.74, 6) is 1.26. The van der Waals surface area contributed by atoms with Gasteiger partial charge in [0.2, 0.25) is 0 Å². The van der Waals surface area contributed by atoms with Crippen molar-refractivity contribution in [3.63, 3.8) is 0 Å². The maximum absolute atomic E-state index is 12.2. The second-order valence-corrected chi connectivity index (χ2v) is 8.16. The first-order valence-corrected chi connectivity index (χ1v) is 9.14. The Hall–Kier alpha value is -0.810. The van der Waals surface area contributed by atoms with Crippen LogP contribution in [0.3, 0.4) is 0 Å². The Morgan fingerprint density at radius 3 is 2.70 bits per heavy atom. The normalized spacial score (nSPS) is 29.4. The van der Waals surface area contributed by atoms with Gasteiger partial charge in [0.25, 0.3) is 0 Å². The van der Waals surface area contributed by atoms with Crippen molar-refractivity contribution in [3.05, 3.63) is 0 Å². The lowest BCUT2D eigenvalue weighted by molar-refractivity contribution is 0.00209. The first kappa shape index (κ1) is 18.5. The third-order valence-corrected chi connectivity index (χ3v) is 4.63. The Balaban J connectivity index is 1.68. The molecule has 5 nitrogen and oxygen atoms in total. The molecule has 134 valence electrons. The van der Waals surface area contributed by atoms with Gasteiger partial charge in [-0.1, -0.05) is 0 Å². The van der Waals surface area contributed by atoms with Gasteiger partial charge < -0.3 is 19.7 Å². The average molecular weight is 326 g/mol. The van der Waals surface area contributed by atoms with E-state index in [1.54, 1.807) is 0 Å². The zero-order valence-electron chi connectivity index (χ0n) is 15.3. The summed E-state index contributed by atoms with van der Waals surface area (Å²) in [5.41, 5.74) is -0.415. The maximum Gasteiger partial charge on any atom is 0.410 e. The highest BCUT2D eigenvalue weighted by Crippen LogP contribution is 2.21. The molecule has 1 N–H and O–H groups in total. The van der Waals surface area contributed by atoms with Crippen LogP contribution in [0.5, 0.6) is 0 Å². The summed E-state index contributed by atoms with van der Waals surface area (Å²) in [5, 5.41) is 3.62. The van der Waals surface area contributed by atoms with Crippen molar-refractivity contribution in [1.29, 1.82) is 0 Å². The number of hydrogen-bond acceptors (Lipinski definition) is 4. The number of carbonyl (C=O) groups excluding carboxylic acids is 1. The summed E-state index contributed by atoms with van der Waals surface area (Å²) in [6.45, 7) is 12.5. The lowest BCUT2D eigenvalue weighted by Gasteiger charge is -2.34. The van der Waals surface area contributed by atoms with Crippen LogP contribution in [0.2, 0.25) is 0 Å². The fraction of sp³-hybridized carbons (Fsp3) is 0.944. The molecule has 0 aromatic carbocycles. The molecule has 5 heteroatoms. The number of nitrogens with one attached hydrogen (secondary N) is 1. The Labute approximate surface area is 141 Å². The number of amides is 1. The summed E-state index contributed by atoms with van der Waals surface area (Å²) in [4.78, 5) is 14.1. The quantitative estimate of drug-likeness (QED) is 0.863. The Bertz CT molecular complexity index is 381. The van der Waals surface area contributed by atoms with E-state index in [0.29, 0.717) is 12.0 Å². The molecule has 0 radical (unpaired) electrons. The van der Waals surface area contributed by atoms with E-state index >= 15 is 0 Å². The van der Waals surface area contributed by atoms with Crippen LogP contribution in [0, 0.1) is 11.8 Å². The second-order valence-electron chi connectivity index (χ2n) is 8.16. The first-order chi connectivity index (χ1) is 10.8. The number of likely N-dealkylation sites (tertiary alicyclic amines) is 1. The molecule has 2 aliphatic heterocycles. The van der Waals surface area contributed by atoms with Gasteiger partial charge in [0.15, 0.2) is 0 Å². The molecular weight excluding hydrogens is 292 g/mol. The van der Waals surface area contributed by atoms with Crippen molar-refractivity contribution >= 4 is 6.09 Å². The van der Waals surface area contributed by atoms with Crippen LogP contribution in [-0.4, -0.2) is 55.5 Å². The number of ether oxygens (including phenoxy) is 2. The largest absolute Gasteiger partial charge is 0.444 e. The standard InChI is InChI=1S/C18H34N2O3/c1-14-10-15(7-9-22-14)11-19-12-16-6-5-8-20(13-16)17(21)23-18(2,3)4/h14-16,19H,5-13H2,1-4H3/t14-,15-,16-/m1/s1. The number of rotatable bonds is 4. The molecule has 2 aliphatic rings. The zero-order valence-corrected chi connectivity index (χ0v) is 15.3. The average Bonchev–Trinajstić information content (AvgIpc) is 2.46. The smallest absolute Gasteiger partial charge is 0.410 e. The molecule has 1 amide bonds. The minimum absolute atomic E-state index is 0.166. The van der Waals surface area contributed by atoms with Gasteiger partial charge in [-0.05, 0) is 78.3 Å². The van der Waals surface area contributed by atoms with Gasteiger partial charge in [-0.3, -0.25) is 0 Å². The molecular formula is C18H34N2O3. The van der Waals surface area contributed by atoms with Crippen molar-refractivity contribution in [1.82, 2.24) is 10.2 Å². The summed E-state index contributed by atoms with van der Waals surface area (Å²) in [7, 11) is 0. The minimum atomic E-state index is -0.415. The minimum Gasteiger partial charge on any atom is -0.444 e. The van der Waals surface area contributed by atoms with Crippen molar-refractivity contribution in [3.8, 4) is 0 Å². The van der Waals surface area contributed by atoms with Crippen LogP contribution in [-0.2, 0) is 9.47 Å². The Morgan fingerprint density at radius 2 is 2.00 bits per heavy atom. The molecule has 0 aliphatic carbocycles. The molecule has 3 atom stereocenters. The molecule has 2 fully saturated rings. The molecule has 23 heavy (non-hydrogen) atoms. The van der Waals surface area contributed by atoms with Crippen molar-refractivity contribution < 1.29 is 14.3 Å². The van der Waals surface area contributed by atoms with E-state index in [0.717, 1.165) is 58.0 Å².